The average Bonchev–Trinajstić information content (AvgIpc) is 3.30. The normalized spacial score (nSPS) is 28.8. The van der Waals surface area contributed by atoms with Gasteiger partial charge in [0, 0.05) is 37.7 Å². The SMILES string of the molecule is COc1ccccc1OCC/C=C(/OC1CCCCO1)[C@@H]1[C@H](CC=O)[C@H](O[Si](C)(C)C(C)(C)C)C[C@@H]1OC1CCCCO1. The van der Waals surface area contributed by atoms with Crippen molar-refractivity contribution in [1.82, 2.24) is 0 Å². The van der Waals surface area contributed by atoms with Crippen LogP contribution in [0, 0.1) is 11.8 Å². The van der Waals surface area contributed by atoms with Gasteiger partial charge in [0.15, 0.2) is 32.4 Å². The fourth-order valence-corrected chi connectivity index (χ4v) is 7.41. The third kappa shape index (κ3) is 9.30. The van der Waals surface area contributed by atoms with Crippen LogP contribution in [0.25, 0.3) is 0 Å². The molecule has 43 heavy (non-hydrogen) atoms. The number of carbonyl (C=O) groups excluding carboxylic acids is 1. The maximum atomic E-state index is 12.2. The highest BCUT2D eigenvalue weighted by molar-refractivity contribution is 6.74. The van der Waals surface area contributed by atoms with E-state index < -0.39 is 8.32 Å². The van der Waals surface area contributed by atoms with Crippen LogP contribution in [0.3, 0.4) is 0 Å². The third-order valence-corrected chi connectivity index (χ3v) is 13.9. The summed E-state index contributed by atoms with van der Waals surface area (Å²) in [5.41, 5.74) is 0. The summed E-state index contributed by atoms with van der Waals surface area (Å²) in [6.45, 7) is 13.1. The van der Waals surface area contributed by atoms with Crippen LogP contribution in [-0.4, -0.2) is 66.3 Å². The topological polar surface area (TPSA) is 81.7 Å². The molecule has 0 aromatic heterocycles. The Morgan fingerprint density at radius 2 is 1.65 bits per heavy atom. The molecule has 2 unspecified atom stereocenters. The van der Waals surface area contributed by atoms with Gasteiger partial charge in [0.1, 0.15) is 12.0 Å². The van der Waals surface area contributed by atoms with Gasteiger partial charge in [-0.1, -0.05) is 32.9 Å². The summed E-state index contributed by atoms with van der Waals surface area (Å²) in [6.07, 6.45) is 9.86. The Morgan fingerprint density at radius 1 is 0.977 bits per heavy atom. The van der Waals surface area contributed by atoms with Gasteiger partial charge in [-0.15, -0.1) is 0 Å². The van der Waals surface area contributed by atoms with Crippen LogP contribution >= 0.6 is 0 Å². The molecule has 0 bridgehead atoms. The van der Waals surface area contributed by atoms with E-state index in [1.165, 1.54) is 0 Å². The quantitative estimate of drug-likeness (QED) is 0.0922. The number of ether oxygens (including phenoxy) is 6. The molecule has 2 saturated heterocycles. The lowest BCUT2D eigenvalue weighted by Crippen LogP contribution is -2.45. The summed E-state index contributed by atoms with van der Waals surface area (Å²) < 4.78 is 44.1. The highest BCUT2D eigenvalue weighted by Crippen LogP contribution is 2.48. The van der Waals surface area contributed by atoms with Gasteiger partial charge in [-0.3, -0.25) is 0 Å². The lowest BCUT2D eigenvalue weighted by Gasteiger charge is -2.40. The molecule has 0 radical (unpaired) electrons. The summed E-state index contributed by atoms with van der Waals surface area (Å²) >= 11 is 0. The monoisotopic (exact) mass is 618 g/mol. The first-order valence-electron chi connectivity index (χ1n) is 16.3. The van der Waals surface area contributed by atoms with E-state index in [2.05, 4.69) is 39.9 Å². The Hall–Kier alpha value is -1.91. The maximum absolute atomic E-state index is 12.2. The molecule has 4 rings (SSSR count). The summed E-state index contributed by atoms with van der Waals surface area (Å²) in [6, 6.07) is 7.65. The molecule has 8 nitrogen and oxygen atoms in total. The van der Waals surface area contributed by atoms with Gasteiger partial charge in [0.05, 0.1) is 32.5 Å². The molecule has 1 aliphatic carbocycles. The van der Waals surface area contributed by atoms with E-state index in [0.29, 0.717) is 50.6 Å². The number of hydrogen-bond donors (Lipinski definition) is 0. The Morgan fingerprint density at radius 3 is 2.26 bits per heavy atom. The number of para-hydroxylation sites is 2. The van der Waals surface area contributed by atoms with Gasteiger partial charge in [0.25, 0.3) is 0 Å². The van der Waals surface area contributed by atoms with Gasteiger partial charge in [-0.2, -0.15) is 0 Å². The minimum Gasteiger partial charge on any atom is -0.493 e. The van der Waals surface area contributed by atoms with Crippen LogP contribution in [0.4, 0.5) is 0 Å². The fraction of sp³-hybridized carbons (Fsp3) is 0.735. The van der Waals surface area contributed by atoms with E-state index in [9.17, 15) is 4.79 Å². The summed E-state index contributed by atoms with van der Waals surface area (Å²) in [5.74, 6) is 1.97. The molecular weight excluding hydrogens is 564 g/mol. The van der Waals surface area contributed by atoms with Crippen molar-refractivity contribution in [2.45, 2.75) is 121 Å². The van der Waals surface area contributed by atoms with Crippen molar-refractivity contribution in [3.8, 4) is 11.5 Å². The third-order valence-electron chi connectivity index (χ3n) is 9.41. The second-order valence-corrected chi connectivity index (χ2v) is 18.3. The first-order chi connectivity index (χ1) is 20.6. The van der Waals surface area contributed by atoms with Crippen molar-refractivity contribution in [3.63, 3.8) is 0 Å². The molecule has 2 aliphatic heterocycles. The molecule has 2 heterocycles. The zero-order valence-corrected chi connectivity index (χ0v) is 28.2. The number of carbonyl (C=O) groups is 1. The highest BCUT2D eigenvalue weighted by Gasteiger charge is 2.51. The number of hydrogen-bond acceptors (Lipinski definition) is 8. The Kier molecular flexibility index (Phi) is 12.6. The summed E-state index contributed by atoms with van der Waals surface area (Å²) in [7, 11) is -0.484. The van der Waals surface area contributed by atoms with Crippen LogP contribution in [-0.2, 0) is 28.2 Å². The lowest BCUT2D eigenvalue weighted by molar-refractivity contribution is -0.201. The predicted molar refractivity (Wildman–Crippen MR) is 169 cm³/mol. The average molecular weight is 619 g/mol. The van der Waals surface area contributed by atoms with Crippen LogP contribution < -0.4 is 9.47 Å². The van der Waals surface area contributed by atoms with Gasteiger partial charge in [0.2, 0.25) is 0 Å². The van der Waals surface area contributed by atoms with Crippen LogP contribution in [0.5, 0.6) is 11.5 Å². The second kappa shape index (κ2) is 15.9. The van der Waals surface area contributed by atoms with Gasteiger partial charge in [-0.05, 0) is 74.9 Å². The van der Waals surface area contributed by atoms with E-state index in [1.807, 2.05) is 24.3 Å². The number of rotatable bonds is 14. The van der Waals surface area contributed by atoms with E-state index >= 15 is 0 Å². The minimum atomic E-state index is -2.13. The van der Waals surface area contributed by atoms with E-state index in [-0.39, 0.29) is 41.7 Å². The van der Waals surface area contributed by atoms with E-state index in [1.54, 1.807) is 7.11 Å². The molecule has 3 fully saturated rings. The molecule has 1 aromatic carbocycles. The van der Waals surface area contributed by atoms with Crippen molar-refractivity contribution in [3.05, 3.63) is 36.1 Å². The zero-order chi connectivity index (χ0) is 30.9. The van der Waals surface area contributed by atoms with Gasteiger partial charge < -0.3 is 37.6 Å². The van der Waals surface area contributed by atoms with Crippen LogP contribution in [0.2, 0.25) is 18.1 Å². The Labute approximate surface area is 259 Å². The highest BCUT2D eigenvalue weighted by atomic mass is 28.4. The molecule has 1 saturated carbocycles. The summed E-state index contributed by atoms with van der Waals surface area (Å²) in [4.78, 5) is 12.2. The number of benzene rings is 1. The smallest absolute Gasteiger partial charge is 0.199 e. The van der Waals surface area contributed by atoms with Crippen LogP contribution in [0.15, 0.2) is 36.1 Å². The molecule has 6 atom stereocenters. The largest absolute Gasteiger partial charge is 0.493 e. The molecule has 0 amide bonds. The van der Waals surface area contributed by atoms with Crippen molar-refractivity contribution in [2.24, 2.45) is 11.8 Å². The van der Waals surface area contributed by atoms with E-state index in [0.717, 1.165) is 50.6 Å². The zero-order valence-electron chi connectivity index (χ0n) is 27.2. The molecule has 3 aliphatic rings. The van der Waals surface area contributed by atoms with Gasteiger partial charge in [-0.25, -0.2) is 0 Å². The molecule has 0 spiro atoms. The van der Waals surface area contributed by atoms with Crippen molar-refractivity contribution in [1.29, 1.82) is 0 Å². The Balaban J connectivity index is 1.62. The van der Waals surface area contributed by atoms with Crippen molar-refractivity contribution < 1.29 is 37.6 Å². The van der Waals surface area contributed by atoms with Crippen molar-refractivity contribution >= 4 is 14.6 Å². The van der Waals surface area contributed by atoms with Gasteiger partial charge >= 0.3 is 0 Å². The van der Waals surface area contributed by atoms with Crippen LogP contribution in [0.1, 0.15) is 78.6 Å². The molecule has 9 heteroatoms. The summed E-state index contributed by atoms with van der Waals surface area (Å²) in [5, 5.41) is 0.0423. The lowest BCUT2D eigenvalue weighted by atomic mass is 9.88. The first kappa shape index (κ1) is 34.0. The number of aldehydes is 1. The molecule has 0 N–H and O–H groups in total. The first-order valence-corrected chi connectivity index (χ1v) is 19.2. The number of methoxy groups -OCH3 is 1. The second-order valence-electron chi connectivity index (χ2n) is 13.5. The molecule has 242 valence electrons. The maximum Gasteiger partial charge on any atom is 0.199 e. The standard InChI is InChI=1S/C34H54O8Si/c1-34(2,3)43(5,6)42-29-24-30(41-32-18-10-12-22-39-32)33(25(29)19-20-35)28(40-31-17-9-11-21-38-31)16-13-23-37-27-15-8-7-14-26(27)36-4/h7-8,14-16,20,25,29-33H,9-13,17-19,21-24H2,1-6H3/b28-16+/t25-,29-,30+,31?,32?,33+/m1/s1. The molecule has 1 aromatic rings. The molecular formula is C34H54O8Si. The predicted octanol–water partition coefficient (Wildman–Crippen LogP) is 7.42. The fourth-order valence-electron chi connectivity index (χ4n) is 6.03. The Bertz CT molecular complexity index is 1030. The minimum absolute atomic E-state index is 0.0423. The van der Waals surface area contributed by atoms with Crippen molar-refractivity contribution in [2.75, 3.05) is 26.9 Å². The van der Waals surface area contributed by atoms with E-state index in [4.69, 9.17) is 32.8 Å².